The van der Waals surface area contributed by atoms with E-state index in [0.717, 1.165) is 0 Å². The van der Waals surface area contributed by atoms with Crippen LogP contribution in [0, 0.1) is 23.1 Å². The van der Waals surface area contributed by atoms with Crippen LogP contribution < -0.4 is 5.32 Å². The van der Waals surface area contributed by atoms with Crippen molar-refractivity contribution >= 4 is 21.6 Å². The van der Waals surface area contributed by atoms with Gasteiger partial charge < -0.3 is 10.1 Å². The van der Waals surface area contributed by atoms with Crippen molar-refractivity contribution in [2.45, 2.75) is 19.9 Å². The van der Waals surface area contributed by atoms with Crippen LogP contribution in [0.25, 0.3) is 0 Å². The Hall–Kier alpha value is -1.12. The Labute approximate surface area is 115 Å². The normalized spacial score (nSPS) is 12.3. The molecule has 0 heterocycles. The summed E-state index contributed by atoms with van der Waals surface area (Å²) in [7, 11) is 1.61. The number of anilines is 1. The van der Waals surface area contributed by atoms with Crippen LogP contribution in [0.15, 0.2) is 16.6 Å². The fourth-order valence-corrected chi connectivity index (χ4v) is 1.96. The topological polar surface area (TPSA) is 45.0 Å². The van der Waals surface area contributed by atoms with Gasteiger partial charge in [0.1, 0.15) is 6.07 Å². The summed E-state index contributed by atoms with van der Waals surface area (Å²) in [6, 6.07) is 5.10. The highest BCUT2D eigenvalue weighted by molar-refractivity contribution is 9.10. The van der Waals surface area contributed by atoms with Crippen LogP contribution in [-0.2, 0) is 4.74 Å². The van der Waals surface area contributed by atoms with Gasteiger partial charge in [0, 0.05) is 7.11 Å². The van der Waals surface area contributed by atoms with Gasteiger partial charge in [0.05, 0.1) is 28.4 Å². The summed E-state index contributed by atoms with van der Waals surface area (Å²) in [6.07, 6.45) is 0. The van der Waals surface area contributed by atoms with Crippen molar-refractivity contribution in [1.82, 2.24) is 0 Å². The number of rotatable bonds is 5. The number of halogens is 2. The molecular formula is C13H16BrFN2O. The average Bonchev–Trinajstić information content (AvgIpc) is 2.34. The summed E-state index contributed by atoms with van der Waals surface area (Å²) in [6.45, 7) is 4.56. The molecule has 18 heavy (non-hydrogen) atoms. The molecule has 0 radical (unpaired) electrons. The number of nitrogens with one attached hydrogen (secondary N) is 1. The zero-order valence-corrected chi connectivity index (χ0v) is 12.2. The molecule has 1 N–H and O–H groups in total. The van der Waals surface area contributed by atoms with E-state index in [0.29, 0.717) is 18.2 Å². The van der Waals surface area contributed by atoms with Crippen LogP contribution in [0.5, 0.6) is 0 Å². The monoisotopic (exact) mass is 314 g/mol. The third kappa shape index (κ3) is 3.44. The minimum atomic E-state index is -0.448. The summed E-state index contributed by atoms with van der Waals surface area (Å²) in [4.78, 5) is 0. The molecule has 1 aromatic carbocycles. The summed E-state index contributed by atoms with van der Waals surface area (Å²) in [5.74, 6) is -0.144. The van der Waals surface area contributed by atoms with E-state index in [-0.39, 0.29) is 16.1 Å². The summed E-state index contributed by atoms with van der Waals surface area (Å²) in [5, 5.41) is 11.9. The second-order valence-corrected chi connectivity index (χ2v) is 5.14. The van der Waals surface area contributed by atoms with Gasteiger partial charge in [-0.3, -0.25) is 0 Å². The lowest BCUT2D eigenvalue weighted by atomic mass is 10.0. The first-order valence-corrected chi connectivity index (χ1v) is 6.44. The first-order chi connectivity index (χ1) is 8.51. The maximum Gasteiger partial charge on any atom is 0.161 e. The zero-order chi connectivity index (χ0) is 13.7. The van der Waals surface area contributed by atoms with Crippen molar-refractivity contribution in [3.05, 3.63) is 28.0 Å². The molecule has 0 fully saturated rings. The molecule has 1 unspecified atom stereocenters. The first-order valence-electron chi connectivity index (χ1n) is 5.64. The Bertz CT molecular complexity index is 457. The van der Waals surface area contributed by atoms with Gasteiger partial charge in [-0.1, -0.05) is 13.8 Å². The van der Waals surface area contributed by atoms with Gasteiger partial charge in [-0.15, -0.1) is 0 Å². The second-order valence-electron chi connectivity index (χ2n) is 4.35. The van der Waals surface area contributed by atoms with Crippen molar-refractivity contribution < 1.29 is 9.13 Å². The molecule has 1 aromatic rings. The molecule has 3 nitrogen and oxygen atoms in total. The van der Waals surface area contributed by atoms with Crippen molar-refractivity contribution in [2.75, 3.05) is 19.0 Å². The van der Waals surface area contributed by atoms with Crippen LogP contribution in [0.4, 0.5) is 10.1 Å². The predicted molar refractivity (Wildman–Crippen MR) is 72.9 cm³/mol. The maximum absolute atomic E-state index is 14.0. The Balaban J connectivity index is 2.97. The number of nitriles is 1. The lowest BCUT2D eigenvalue weighted by Gasteiger charge is -2.23. The standard InChI is InChI=1S/C13H16BrFN2O/c1-8(2)11(7-18-3)17-10-5-4-9(6-16)12(14)13(10)15/h4-5,8,11,17H,7H2,1-3H3. The Kier molecular flexibility index (Phi) is 5.57. The van der Waals surface area contributed by atoms with Crippen LogP contribution in [0.3, 0.4) is 0 Å². The molecule has 0 saturated heterocycles. The second kappa shape index (κ2) is 6.72. The molecule has 0 spiro atoms. The molecule has 0 aliphatic rings. The van der Waals surface area contributed by atoms with Crippen LogP contribution in [0.2, 0.25) is 0 Å². The van der Waals surface area contributed by atoms with Crippen LogP contribution in [-0.4, -0.2) is 19.8 Å². The smallest absolute Gasteiger partial charge is 0.161 e. The van der Waals surface area contributed by atoms with E-state index in [9.17, 15) is 4.39 Å². The highest BCUT2D eigenvalue weighted by Crippen LogP contribution is 2.27. The minimum absolute atomic E-state index is 0.0179. The molecule has 0 aromatic heterocycles. The third-order valence-corrected chi connectivity index (χ3v) is 3.47. The molecule has 5 heteroatoms. The quantitative estimate of drug-likeness (QED) is 0.904. The van der Waals surface area contributed by atoms with Gasteiger partial charge in [0.25, 0.3) is 0 Å². The minimum Gasteiger partial charge on any atom is -0.383 e. The van der Waals surface area contributed by atoms with Gasteiger partial charge in [0.15, 0.2) is 5.82 Å². The van der Waals surface area contributed by atoms with Crippen LogP contribution >= 0.6 is 15.9 Å². The molecule has 1 atom stereocenters. The summed E-state index contributed by atoms with van der Waals surface area (Å²) >= 11 is 3.09. The Morgan fingerprint density at radius 1 is 1.50 bits per heavy atom. The molecule has 0 aliphatic carbocycles. The van der Waals surface area contributed by atoms with E-state index in [2.05, 4.69) is 21.2 Å². The van der Waals surface area contributed by atoms with E-state index < -0.39 is 5.82 Å². The number of ether oxygens (including phenoxy) is 1. The van der Waals surface area contributed by atoms with E-state index in [1.165, 1.54) is 0 Å². The Morgan fingerprint density at radius 2 is 2.17 bits per heavy atom. The molecule has 0 amide bonds. The zero-order valence-electron chi connectivity index (χ0n) is 10.6. The Morgan fingerprint density at radius 3 is 2.67 bits per heavy atom. The fraction of sp³-hybridized carbons (Fsp3) is 0.462. The number of hydrogen-bond donors (Lipinski definition) is 1. The largest absolute Gasteiger partial charge is 0.383 e. The maximum atomic E-state index is 14.0. The van der Waals surface area contributed by atoms with Gasteiger partial charge in [0.2, 0.25) is 0 Å². The predicted octanol–water partition coefficient (Wildman–Crippen LogP) is 3.54. The van der Waals surface area contributed by atoms with E-state index in [1.807, 2.05) is 19.9 Å². The van der Waals surface area contributed by atoms with Gasteiger partial charge in [-0.05, 0) is 34.0 Å². The molecule has 0 bridgehead atoms. The molecular weight excluding hydrogens is 299 g/mol. The highest BCUT2D eigenvalue weighted by atomic mass is 79.9. The molecule has 0 saturated carbocycles. The van der Waals surface area contributed by atoms with Gasteiger partial charge in [-0.2, -0.15) is 5.26 Å². The summed E-state index contributed by atoms with van der Waals surface area (Å²) in [5.41, 5.74) is 0.655. The van der Waals surface area contributed by atoms with Crippen molar-refractivity contribution in [3.63, 3.8) is 0 Å². The molecule has 1 rings (SSSR count). The van der Waals surface area contributed by atoms with E-state index >= 15 is 0 Å². The number of methoxy groups -OCH3 is 1. The van der Waals surface area contributed by atoms with Gasteiger partial charge in [-0.25, -0.2) is 4.39 Å². The van der Waals surface area contributed by atoms with Crippen molar-refractivity contribution in [3.8, 4) is 6.07 Å². The third-order valence-electron chi connectivity index (χ3n) is 2.69. The van der Waals surface area contributed by atoms with E-state index in [1.54, 1.807) is 19.2 Å². The lowest BCUT2D eigenvalue weighted by molar-refractivity contribution is 0.171. The number of benzene rings is 1. The van der Waals surface area contributed by atoms with Crippen molar-refractivity contribution in [2.24, 2.45) is 5.92 Å². The van der Waals surface area contributed by atoms with Gasteiger partial charge >= 0.3 is 0 Å². The molecule has 0 aliphatic heterocycles. The van der Waals surface area contributed by atoms with E-state index in [4.69, 9.17) is 10.00 Å². The van der Waals surface area contributed by atoms with Crippen LogP contribution in [0.1, 0.15) is 19.4 Å². The number of hydrogen-bond acceptors (Lipinski definition) is 3. The number of nitrogens with zero attached hydrogens (tertiary/aromatic N) is 1. The first kappa shape index (κ1) is 14.9. The van der Waals surface area contributed by atoms with Crippen molar-refractivity contribution in [1.29, 1.82) is 5.26 Å². The molecule has 98 valence electrons. The highest BCUT2D eigenvalue weighted by Gasteiger charge is 2.17. The summed E-state index contributed by atoms with van der Waals surface area (Å²) < 4.78 is 19.3. The SMILES string of the molecule is COCC(Nc1ccc(C#N)c(Br)c1F)C(C)C. The lowest BCUT2D eigenvalue weighted by Crippen LogP contribution is -2.30. The fourth-order valence-electron chi connectivity index (χ4n) is 1.53. The average molecular weight is 315 g/mol.